The molecule has 1 nitrogen and oxygen atoms in total. The molecule has 0 saturated heterocycles. The fourth-order valence-corrected chi connectivity index (χ4v) is 1.41. The Bertz CT molecular complexity index is 314. The predicted octanol–water partition coefficient (Wildman–Crippen LogP) is 3.72. The molecule has 0 atom stereocenters. The first-order chi connectivity index (χ1) is 7.33. The molecule has 0 spiro atoms. The lowest BCUT2D eigenvalue weighted by atomic mass is 10.1. The van der Waals surface area contributed by atoms with Crippen LogP contribution >= 0.6 is 11.6 Å². The van der Waals surface area contributed by atoms with E-state index in [4.69, 9.17) is 11.6 Å². The number of benzene rings is 1. The maximum absolute atomic E-state index is 9.92. The molecule has 1 rings (SSSR count). The van der Waals surface area contributed by atoms with Gasteiger partial charge in [-0.05, 0) is 37.0 Å². The molecule has 0 bridgehead atoms. The highest BCUT2D eigenvalue weighted by Crippen LogP contribution is 2.11. The Hall–Kier alpha value is -1.08. The van der Waals surface area contributed by atoms with Crippen LogP contribution in [0.2, 0.25) is 5.02 Å². The fraction of sp³-hybridized carbons (Fsp3) is 0.308. The van der Waals surface area contributed by atoms with Crippen molar-refractivity contribution in [2.75, 3.05) is 0 Å². The molecular weight excluding hydrogens is 208 g/mol. The molecule has 1 radical (unpaired) electrons. The van der Waals surface area contributed by atoms with E-state index in [1.807, 2.05) is 36.6 Å². The van der Waals surface area contributed by atoms with Gasteiger partial charge in [0.25, 0.3) is 0 Å². The first-order valence-corrected chi connectivity index (χ1v) is 5.45. The van der Waals surface area contributed by atoms with Crippen LogP contribution in [0.15, 0.2) is 36.4 Å². The van der Waals surface area contributed by atoms with E-state index in [2.05, 4.69) is 6.08 Å². The summed E-state index contributed by atoms with van der Waals surface area (Å²) < 4.78 is 0. The van der Waals surface area contributed by atoms with Crippen LogP contribution in [0, 0.1) is 0 Å². The topological polar surface area (TPSA) is 17.1 Å². The molecule has 15 heavy (non-hydrogen) atoms. The average molecular weight is 222 g/mol. The number of allylic oxidation sites excluding steroid dienone is 2. The molecule has 0 saturated carbocycles. The van der Waals surface area contributed by atoms with Crippen molar-refractivity contribution < 1.29 is 4.79 Å². The summed E-state index contributed by atoms with van der Waals surface area (Å²) in [5, 5.41) is 0.774. The molecule has 2 heteroatoms. The standard InChI is InChI=1S/C13H14ClO/c14-13-9-7-12(8-10-13)6-4-2-1-3-5-11-15/h1-2,7-10H,3-6H2/b2-1+. The number of aryl methyl sites for hydroxylation is 1. The van der Waals surface area contributed by atoms with Gasteiger partial charge in [0.2, 0.25) is 0 Å². The number of carbonyl (C=O) groups excluding carboxylic acids is 1. The molecule has 1 aromatic rings. The fourth-order valence-electron chi connectivity index (χ4n) is 1.28. The highest BCUT2D eigenvalue weighted by Gasteiger charge is 1.91. The Balaban J connectivity index is 2.22. The van der Waals surface area contributed by atoms with Gasteiger partial charge in [0.1, 0.15) is 0 Å². The average Bonchev–Trinajstić information content (AvgIpc) is 2.26. The first kappa shape index (κ1) is 12.0. The van der Waals surface area contributed by atoms with Crippen molar-refractivity contribution in [3.63, 3.8) is 0 Å². The maximum Gasteiger partial charge on any atom is 0.198 e. The van der Waals surface area contributed by atoms with Crippen molar-refractivity contribution >= 4 is 17.9 Å². The third kappa shape index (κ3) is 5.38. The number of hydrogen-bond donors (Lipinski definition) is 0. The molecule has 0 fully saturated rings. The van der Waals surface area contributed by atoms with Crippen molar-refractivity contribution in [1.29, 1.82) is 0 Å². The lowest BCUT2D eigenvalue weighted by Crippen LogP contribution is -1.82. The van der Waals surface area contributed by atoms with Crippen LogP contribution < -0.4 is 0 Å². The van der Waals surface area contributed by atoms with Crippen LogP contribution in [0.1, 0.15) is 24.8 Å². The Labute approximate surface area is 95.8 Å². The van der Waals surface area contributed by atoms with Crippen molar-refractivity contribution in [3.05, 3.63) is 47.0 Å². The zero-order valence-corrected chi connectivity index (χ0v) is 9.33. The number of hydrogen-bond acceptors (Lipinski definition) is 1. The third-order valence-electron chi connectivity index (χ3n) is 2.09. The second-order valence-corrected chi connectivity index (χ2v) is 3.76. The van der Waals surface area contributed by atoms with Gasteiger partial charge in [0.15, 0.2) is 6.29 Å². The van der Waals surface area contributed by atoms with E-state index < -0.39 is 0 Å². The smallest absolute Gasteiger partial charge is 0.198 e. The molecule has 0 aromatic heterocycles. The summed E-state index contributed by atoms with van der Waals surface area (Å²) in [5.41, 5.74) is 1.28. The minimum Gasteiger partial charge on any atom is -0.291 e. The van der Waals surface area contributed by atoms with Crippen molar-refractivity contribution in [2.45, 2.75) is 25.7 Å². The quantitative estimate of drug-likeness (QED) is 0.529. The SMILES string of the molecule is O=[C]CC/C=C/CCc1ccc(Cl)cc1. The van der Waals surface area contributed by atoms with Crippen LogP contribution in [0.25, 0.3) is 0 Å². The Kier molecular flexibility index (Phi) is 5.79. The Morgan fingerprint density at radius 3 is 2.47 bits per heavy atom. The zero-order chi connectivity index (χ0) is 10.9. The van der Waals surface area contributed by atoms with E-state index in [9.17, 15) is 4.79 Å². The number of rotatable bonds is 6. The second kappa shape index (κ2) is 7.24. The van der Waals surface area contributed by atoms with E-state index in [0.717, 1.165) is 24.3 Å². The van der Waals surface area contributed by atoms with E-state index in [1.54, 1.807) is 0 Å². The van der Waals surface area contributed by atoms with Gasteiger partial charge in [-0.3, -0.25) is 4.79 Å². The summed E-state index contributed by atoms with van der Waals surface area (Å²) in [6.45, 7) is 0. The summed E-state index contributed by atoms with van der Waals surface area (Å²) in [5.74, 6) is 0. The van der Waals surface area contributed by atoms with Gasteiger partial charge in [0, 0.05) is 11.4 Å². The summed E-state index contributed by atoms with van der Waals surface area (Å²) in [6, 6.07) is 7.88. The third-order valence-corrected chi connectivity index (χ3v) is 2.34. The predicted molar refractivity (Wildman–Crippen MR) is 63.8 cm³/mol. The van der Waals surface area contributed by atoms with Gasteiger partial charge in [-0.25, -0.2) is 0 Å². The highest BCUT2D eigenvalue weighted by atomic mass is 35.5. The second-order valence-electron chi connectivity index (χ2n) is 3.32. The molecule has 0 aliphatic heterocycles. The van der Waals surface area contributed by atoms with Gasteiger partial charge in [0.05, 0.1) is 0 Å². The molecule has 0 heterocycles. The van der Waals surface area contributed by atoms with Gasteiger partial charge >= 0.3 is 0 Å². The lowest BCUT2D eigenvalue weighted by molar-refractivity contribution is 0.551. The number of unbranched alkanes of at least 4 members (excludes halogenated alkanes) is 1. The summed E-state index contributed by atoms with van der Waals surface area (Å²) in [4.78, 5) is 9.92. The van der Waals surface area contributed by atoms with Gasteiger partial charge in [-0.2, -0.15) is 0 Å². The highest BCUT2D eigenvalue weighted by molar-refractivity contribution is 6.30. The molecule has 0 N–H and O–H groups in total. The van der Waals surface area contributed by atoms with Crippen LogP contribution in [-0.2, 0) is 11.2 Å². The monoisotopic (exact) mass is 221 g/mol. The minimum atomic E-state index is 0.497. The minimum absolute atomic E-state index is 0.497. The Morgan fingerprint density at radius 1 is 1.13 bits per heavy atom. The van der Waals surface area contributed by atoms with Crippen LogP contribution in [0.5, 0.6) is 0 Å². The summed E-state index contributed by atoms with van der Waals surface area (Å²) >= 11 is 5.78. The van der Waals surface area contributed by atoms with Gasteiger partial charge in [-0.15, -0.1) is 0 Å². The normalized spacial score (nSPS) is 10.7. The molecule has 0 unspecified atom stereocenters. The molecule has 1 aromatic carbocycles. The molecule has 0 aliphatic rings. The van der Waals surface area contributed by atoms with Crippen LogP contribution in [0.4, 0.5) is 0 Å². The zero-order valence-electron chi connectivity index (χ0n) is 8.58. The molecule has 0 amide bonds. The van der Waals surface area contributed by atoms with E-state index in [1.165, 1.54) is 5.56 Å². The maximum atomic E-state index is 9.92. The lowest BCUT2D eigenvalue weighted by Gasteiger charge is -1.97. The molecule has 79 valence electrons. The van der Waals surface area contributed by atoms with Crippen molar-refractivity contribution in [3.8, 4) is 0 Å². The van der Waals surface area contributed by atoms with Gasteiger partial charge in [-0.1, -0.05) is 35.9 Å². The first-order valence-electron chi connectivity index (χ1n) is 5.07. The summed E-state index contributed by atoms with van der Waals surface area (Å²) in [7, 11) is 0. The largest absolute Gasteiger partial charge is 0.291 e. The summed E-state index contributed by atoms with van der Waals surface area (Å²) in [6.07, 6.45) is 9.30. The van der Waals surface area contributed by atoms with Gasteiger partial charge < -0.3 is 0 Å². The molecular formula is C13H14ClO. The van der Waals surface area contributed by atoms with Crippen molar-refractivity contribution in [1.82, 2.24) is 0 Å². The van der Waals surface area contributed by atoms with Crippen molar-refractivity contribution in [2.24, 2.45) is 0 Å². The molecule has 0 aliphatic carbocycles. The van der Waals surface area contributed by atoms with E-state index in [-0.39, 0.29) is 0 Å². The van der Waals surface area contributed by atoms with E-state index >= 15 is 0 Å². The Morgan fingerprint density at radius 2 is 1.80 bits per heavy atom. The van der Waals surface area contributed by atoms with Crippen LogP contribution in [-0.4, -0.2) is 6.29 Å². The number of halogens is 1. The van der Waals surface area contributed by atoms with Crippen LogP contribution in [0.3, 0.4) is 0 Å². The van der Waals surface area contributed by atoms with E-state index in [0.29, 0.717) is 6.42 Å².